The summed E-state index contributed by atoms with van der Waals surface area (Å²) in [5, 5.41) is 0. The minimum Gasteiger partial charge on any atom is -0.491 e. The highest BCUT2D eigenvalue weighted by Crippen LogP contribution is 2.40. The third kappa shape index (κ3) is 3.72. The first-order valence-electron chi connectivity index (χ1n) is 8.99. The van der Waals surface area contributed by atoms with Crippen LogP contribution in [0.4, 0.5) is 5.69 Å². The number of nitrogens with zero attached hydrogens (tertiary/aromatic N) is 1. The summed E-state index contributed by atoms with van der Waals surface area (Å²) in [6.07, 6.45) is 2.97. The van der Waals surface area contributed by atoms with Crippen molar-refractivity contribution >= 4 is 46.0 Å². The minimum atomic E-state index is -0.145. The molecule has 0 unspecified atom stereocenters. The van der Waals surface area contributed by atoms with Gasteiger partial charge >= 0.3 is 0 Å². The smallest absolute Gasteiger partial charge is 0.270 e. The van der Waals surface area contributed by atoms with Gasteiger partial charge in [-0.2, -0.15) is 0 Å². The molecule has 7 heteroatoms. The zero-order valence-electron chi connectivity index (χ0n) is 15.5. The van der Waals surface area contributed by atoms with Gasteiger partial charge in [0.2, 0.25) is 6.79 Å². The Morgan fingerprint density at radius 3 is 2.71 bits per heavy atom. The normalized spacial score (nSPS) is 18.1. The summed E-state index contributed by atoms with van der Waals surface area (Å²) in [6, 6.07) is 13.1. The molecule has 2 aliphatic heterocycles. The van der Waals surface area contributed by atoms with Gasteiger partial charge in [0, 0.05) is 6.07 Å². The summed E-state index contributed by atoms with van der Waals surface area (Å²) in [7, 11) is 0. The molecule has 0 radical (unpaired) electrons. The van der Waals surface area contributed by atoms with E-state index in [1.807, 2.05) is 43.3 Å². The maximum absolute atomic E-state index is 12.9. The molecule has 1 fully saturated rings. The Kier molecular flexibility index (Phi) is 5.28. The summed E-state index contributed by atoms with van der Waals surface area (Å²) in [5.41, 5.74) is 1.59. The summed E-state index contributed by atoms with van der Waals surface area (Å²) >= 11 is 6.73. The van der Waals surface area contributed by atoms with E-state index >= 15 is 0 Å². The van der Waals surface area contributed by atoms with Gasteiger partial charge in [0.1, 0.15) is 5.75 Å². The standard InChI is InChI=1S/C21H19NO4S2/c1-3-13(2)26-16-7-4-14(5-8-16)10-19-20(23)22(21(27)28-19)15-6-9-17-18(11-15)25-12-24-17/h4-11,13H,3,12H2,1-2H3/b19-10-/t13-/m0/s1. The molecule has 2 heterocycles. The molecule has 0 spiro atoms. The summed E-state index contributed by atoms with van der Waals surface area (Å²) in [5.74, 6) is 1.96. The Hall–Kier alpha value is -2.51. The number of anilines is 1. The molecule has 1 atom stereocenters. The van der Waals surface area contributed by atoms with E-state index < -0.39 is 0 Å². The number of rotatable bonds is 5. The van der Waals surface area contributed by atoms with Crippen LogP contribution in [0.5, 0.6) is 17.2 Å². The van der Waals surface area contributed by atoms with Crippen LogP contribution in [-0.2, 0) is 4.79 Å². The first-order valence-corrected chi connectivity index (χ1v) is 10.2. The third-order valence-corrected chi connectivity index (χ3v) is 5.80. The lowest BCUT2D eigenvalue weighted by molar-refractivity contribution is -0.113. The Labute approximate surface area is 173 Å². The topological polar surface area (TPSA) is 48.0 Å². The fourth-order valence-electron chi connectivity index (χ4n) is 2.82. The molecule has 1 saturated heterocycles. The first-order chi connectivity index (χ1) is 13.5. The van der Waals surface area contributed by atoms with Gasteiger partial charge in [-0.15, -0.1) is 0 Å². The van der Waals surface area contributed by atoms with Gasteiger partial charge < -0.3 is 14.2 Å². The van der Waals surface area contributed by atoms with Crippen LogP contribution < -0.4 is 19.1 Å². The molecule has 0 saturated carbocycles. The fraction of sp³-hybridized carbons (Fsp3) is 0.238. The summed E-state index contributed by atoms with van der Waals surface area (Å²) in [4.78, 5) is 15.0. The predicted molar refractivity (Wildman–Crippen MR) is 115 cm³/mol. The van der Waals surface area contributed by atoms with Crippen molar-refractivity contribution in [2.75, 3.05) is 11.7 Å². The highest BCUT2D eigenvalue weighted by Gasteiger charge is 2.34. The molecule has 2 aromatic rings. The van der Waals surface area contributed by atoms with Crippen LogP contribution in [-0.4, -0.2) is 23.1 Å². The summed E-state index contributed by atoms with van der Waals surface area (Å²) in [6.45, 7) is 4.31. The molecule has 28 heavy (non-hydrogen) atoms. The Morgan fingerprint density at radius 2 is 1.96 bits per heavy atom. The number of carbonyl (C=O) groups is 1. The molecular weight excluding hydrogens is 394 g/mol. The number of ether oxygens (including phenoxy) is 3. The molecule has 2 aromatic carbocycles. The van der Waals surface area contributed by atoms with Crippen LogP contribution in [0.1, 0.15) is 25.8 Å². The van der Waals surface area contributed by atoms with Crippen molar-refractivity contribution in [1.82, 2.24) is 0 Å². The number of thiocarbonyl (C=S) groups is 1. The van der Waals surface area contributed by atoms with Crippen molar-refractivity contribution in [1.29, 1.82) is 0 Å². The lowest BCUT2D eigenvalue weighted by Gasteiger charge is -2.14. The SMILES string of the molecule is CC[C@H](C)Oc1ccc(/C=C2\SC(=S)N(c3ccc4c(c3)OCO4)C2=O)cc1. The molecule has 0 aromatic heterocycles. The first kappa shape index (κ1) is 18.8. The van der Waals surface area contributed by atoms with Crippen LogP contribution in [0.2, 0.25) is 0 Å². The van der Waals surface area contributed by atoms with Gasteiger partial charge in [-0.1, -0.05) is 43.0 Å². The second kappa shape index (κ2) is 7.85. The average Bonchev–Trinajstić information content (AvgIpc) is 3.27. The van der Waals surface area contributed by atoms with Crippen LogP contribution in [0, 0.1) is 0 Å². The summed E-state index contributed by atoms with van der Waals surface area (Å²) < 4.78 is 17.0. The van der Waals surface area contributed by atoms with E-state index in [1.54, 1.807) is 12.1 Å². The molecule has 4 rings (SSSR count). The van der Waals surface area contributed by atoms with Gasteiger partial charge in [0.25, 0.3) is 5.91 Å². The average molecular weight is 414 g/mol. The minimum absolute atomic E-state index is 0.145. The third-order valence-electron chi connectivity index (χ3n) is 4.50. The number of thioether (sulfide) groups is 1. The molecule has 144 valence electrons. The van der Waals surface area contributed by atoms with Gasteiger partial charge in [-0.3, -0.25) is 9.69 Å². The molecule has 1 amide bonds. The van der Waals surface area contributed by atoms with E-state index in [0.29, 0.717) is 26.4 Å². The van der Waals surface area contributed by atoms with E-state index in [9.17, 15) is 4.79 Å². The largest absolute Gasteiger partial charge is 0.491 e. The zero-order valence-corrected chi connectivity index (χ0v) is 17.1. The highest BCUT2D eigenvalue weighted by atomic mass is 32.2. The predicted octanol–water partition coefficient (Wildman–Crippen LogP) is 5.00. The number of carbonyl (C=O) groups excluding carboxylic acids is 1. The van der Waals surface area contributed by atoms with E-state index in [4.69, 9.17) is 26.4 Å². The Balaban J connectivity index is 1.53. The zero-order chi connectivity index (χ0) is 19.7. The van der Waals surface area contributed by atoms with Crippen LogP contribution in [0.3, 0.4) is 0 Å². The monoisotopic (exact) mass is 413 g/mol. The van der Waals surface area contributed by atoms with E-state index in [2.05, 4.69) is 6.92 Å². The number of fused-ring (bicyclic) bond motifs is 1. The van der Waals surface area contributed by atoms with Gasteiger partial charge in [0.15, 0.2) is 15.8 Å². The van der Waals surface area contributed by atoms with Crippen molar-refractivity contribution in [3.63, 3.8) is 0 Å². The van der Waals surface area contributed by atoms with Crippen molar-refractivity contribution in [2.24, 2.45) is 0 Å². The van der Waals surface area contributed by atoms with Crippen LogP contribution in [0.25, 0.3) is 6.08 Å². The maximum Gasteiger partial charge on any atom is 0.270 e. The van der Waals surface area contributed by atoms with Crippen molar-refractivity contribution in [2.45, 2.75) is 26.4 Å². The van der Waals surface area contributed by atoms with Crippen molar-refractivity contribution in [3.05, 3.63) is 52.9 Å². The van der Waals surface area contributed by atoms with Gasteiger partial charge in [-0.05, 0) is 49.2 Å². The van der Waals surface area contributed by atoms with E-state index in [-0.39, 0.29) is 18.8 Å². The Morgan fingerprint density at radius 1 is 1.21 bits per heavy atom. The number of hydrogen-bond donors (Lipinski definition) is 0. The number of hydrogen-bond acceptors (Lipinski definition) is 6. The molecule has 0 aliphatic carbocycles. The van der Waals surface area contributed by atoms with E-state index in [1.165, 1.54) is 16.7 Å². The second-order valence-corrected chi connectivity index (χ2v) is 8.14. The molecule has 0 bridgehead atoms. The molecular formula is C21H19NO4S2. The second-order valence-electron chi connectivity index (χ2n) is 6.46. The maximum atomic E-state index is 12.9. The molecule has 0 N–H and O–H groups in total. The molecule has 5 nitrogen and oxygen atoms in total. The number of benzene rings is 2. The van der Waals surface area contributed by atoms with Crippen molar-refractivity contribution < 1.29 is 19.0 Å². The molecule has 2 aliphatic rings. The fourth-order valence-corrected chi connectivity index (χ4v) is 4.12. The van der Waals surface area contributed by atoms with Gasteiger partial charge in [-0.25, -0.2) is 0 Å². The lowest BCUT2D eigenvalue weighted by Crippen LogP contribution is -2.27. The van der Waals surface area contributed by atoms with Crippen LogP contribution in [0.15, 0.2) is 47.4 Å². The van der Waals surface area contributed by atoms with Gasteiger partial charge in [0.05, 0.1) is 16.7 Å². The number of amides is 1. The lowest BCUT2D eigenvalue weighted by atomic mass is 10.2. The quantitative estimate of drug-likeness (QED) is 0.508. The van der Waals surface area contributed by atoms with Crippen molar-refractivity contribution in [3.8, 4) is 17.2 Å². The highest BCUT2D eigenvalue weighted by molar-refractivity contribution is 8.27. The van der Waals surface area contributed by atoms with Crippen LogP contribution >= 0.6 is 24.0 Å². The van der Waals surface area contributed by atoms with E-state index in [0.717, 1.165) is 17.7 Å². The Bertz CT molecular complexity index is 955.